The monoisotopic (exact) mass is 411 g/mol. The second-order valence-electron chi connectivity index (χ2n) is 6.57. The van der Waals surface area contributed by atoms with Gasteiger partial charge in [-0.2, -0.15) is 4.99 Å². The van der Waals surface area contributed by atoms with E-state index in [9.17, 15) is 23.1 Å². The lowest BCUT2D eigenvalue weighted by molar-refractivity contribution is -0.309. The molecule has 0 spiro atoms. The molecular weight excluding hydrogens is 392 g/mol. The van der Waals surface area contributed by atoms with Crippen molar-refractivity contribution in [2.24, 2.45) is 4.99 Å². The number of amidine groups is 1. The average molecular weight is 411 g/mol. The molecule has 1 amide bonds. The Labute approximate surface area is 161 Å². The van der Waals surface area contributed by atoms with E-state index in [0.717, 1.165) is 11.1 Å². The van der Waals surface area contributed by atoms with E-state index in [4.69, 9.17) is 4.74 Å². The number of hydrogen-bond acceptors (Lipinski definition) is 7. The number of aliphatic carboxylic acids is 1. The molecule has 0 unspecified atom stereocenters. The summed E-state index contributed by atoms with van der Waals surface area (Å²) in [6, 6.07) is 7.61. The number of aryl methyl sites for hydroxylation is 1. The van der Waals surface area contributed by atoms with Crippen LogP contribution in [-0.4, -0.2) is 66.4 Å². The van der Waals surface area contributed by atoms with Gasteiger partial charge in [-0.3, -0.25) is 4.79 Å². The first-order chi connectivity index (χ1) is 12.7. The van der Waals surface area contributed by atoms with Gasteiger partial charge in [0.2, 0.25) is 0 Å². The molecular formula is C17H19N2O6S2-. The summed E-state index contributed by atoms with van der Waals surface area (Å²) in [6.07, 6.45) is 0. The van der Waals surface area contributed by atoms with Gasteiger partial charge in [0.15, 0.2) is 15.0 Å². The molecule has 2 atom stereocenters. The maximum absolute atomic E-state index is 12.0. The first-order valence-electron chi connectivity index (χ1n) is 8.32. The smallest absolute Gasteiger partial charge is 0.274 e. The zero-order chi connectivity index (χ0) is 19.6. The van der Waals surface area contributed by atoms with Gasteiger partial charge in [0, 0.05) is 11.8 Å². The lowest BCUT2D eigenvalue weighted by Crippen LogP contribution is -2.37. The predicted octanol–water partition coefficient (Wildman–Crippen LogP) is -0.641. The van der Waals surface area contributed by atoms with Crippen LogP contribution in [0.4, 0.5) is 0 Å². The lowest BCUT2D eigenvalue weighted by atomic mass is 10.1. The third-order valence-corrected chi connectivity index (χ3v) is 7.56. The SMILES string of the molecule is Cc1ccc(CN2C(=NC(=O)COCC(=O)[O-])S[C@H]3CS(=O)(=O)C[C@H]32)cc1. The highest BCUT2D eigenvalue weighted by molar-refractivity contribution is 8.15. The fourth-order valence-corrected chi connectivity index (χ4v) is 7.04. The number of sulfone groups is 1. The molecule has 3 rings (SSSR count). The van der Waals surface area contributed by atoms with Crippen LogP contribution in [0.2, 0.25) is 0 Å². The van der Waals surface area contributed by atoms with Gasteiger partial charge < -0.3 is 19.5 Å². The molecule has 0 N–H and O–H groups in total. The Morgan fingerprint density at radius 2 is 1.96 bits per heavy atom. The first-order valence-corrected chi connectivity index (χ1v) is 11.0. The predicted molar refractivity (Wildman–Crippen MR) is 98.8 cm³/mol. The van der Waals surface area contributed by atoms with Crippen molar-refractivity contribution < 1.29 is 27.9 Å². The number of aliphatic imine (C=N–C) groups is 1. The zero-order valence-corrected chi connectivity index (χ0v) is 16.3. The highest BCUT2D eigenvalue weighted by Crippen LogP contribution is 2.39. The number of hydrogen-bond donors (Lipinski definition) is 0. The summed E-state index contributed by atoms with van der Waals surface area (Å²) in [7, 11) is -3.11. The number of ether oxygens (including phenoxy) is 1. The van der Waals surface area contributed by atoms with E-state index in [0.29, 0.717) is 11.7 Å². The van der Waals surface area contributed by atoms with E-state index in [-0.39, 0.29) is 22.8 Å². The number of carboxylic acid groups (broad SMARTS) is 1. The van der Waals surface area contributed by atoms with Crippen molar-refractivity contribution in [1.82, 2.24) is 4.90 Å². The van der Waals surface area contributed by atoms with Gasteiger partial charge in [-0.05, 0) is 12.5 Å². The summed E-state index contributed by atoms with van der Waals surface area (Å²) in [5.41, 5.74) is 2.10. The Kier molecular flexibility index (Phi) is 5.87. The number of carboxylic acids is 1. The number of carbonyl (C=O) groups excluding carboxylic acids is 2. The minimum absolute atomic E-state index is 0.0327. The molecule has 0 aromatic heterocycles. The van der Waals surface area contributed by atoms with Crippen LogP contribution in [0.25, 0.3) is 0 Å². The minimum atomic E-state index is -3.11. The third kappa shape index (κ3) is 5.08. The van der Waals surface area contributed by atoms with Crippen molar-refractivity contribution in [2.75, 3.05) is 24.7 Å². The van der Waals surface area contributed by atoms with Gasteiger partial charge in [0.25, 0.3) is 5.91 Å². The topological polar surface area (TPSA) is 116 Å². The number of benzene rings is 1. The van der Waals surface area contributed by atoms with Crippen molar-refractivity contribution in [3.8, 4) is 0 Å². The maximum atomic E-state index is 12.0. The van der Waals surface area contributed by atoms with Crippen LogP contribution in [0.3, 0.4) is 0 Å². The number of thioether (sulfide) groups is 1. The quantitative estimate of drug-likeness (QED) is 0.607. The van der Waals surface area contributed by atoms with Crippen LogP contribution in [0, 0.1) is 6.92 Å². The molecule has 10 heteroatoms. The Balaban J connectivity index is 1.77. The zero-order valence-electron chi connectivity index (χ0n) is 14.7. The van der Waals surface area contributed by atoms with Crippen LogP contribution in [0.15, 0.2) is 29.3 Å². The summed E-state index contributed by atoms with van der Waals surface area (Å²) >= 11 is 1.27. The van der Waals surface area contributed by atoms with Crippen molar-refractivity contribution in [1.29, 1.82) is 0 Å². The van der Waals surface area contributed by atoms with E-state index in [1.165, 1.54) is 11.8 Å². The van der Waals surface area contributed by atoms with Gasteiger partial charge in [0.1, 0.15) is 6.61 Å². The standard InChI is InChI=1S/C17H20N2O6S2/c1-11-2-4-12(5-3-11)6-19-13-9-27(23,24)10-14(13)26-17(19)18-15(20)7-25-8-16(21)22/h2-5,13-14H,6-10H2,1H3,(H,21,22)/p-1/t13-,14+/m1/s1. The molecule has 27 heavy (non-hydrogen) atoms. The number of rotatable bonds is 6. The van der Waals surface area contributed by atoms with Crippen LogP contribution in [0.5, 0.6) is 0 Å². The fourth-order valence-electron chi connectivity index (χ4n) is 3.07. The second-order valence-corrected chi connectivity index (χ2v) is 9.93. The molecule has 0 radical (unpaired) electrons. The van der Waals surface area contributed by atoms with Crippen LogP contribution >= 0.6 is 11.8 Å². The Morgan fingerprint density at radius 3 is 2.63 bits per heavy atom. The van der Waals surface area contributed by atoms with Crippen LogP contribution in [0.1, 0.15) is 11.1 Å². The van der Waals surface area contributed by atoms with Crippen molar-refractivity contribution in [3.05, 3.63) is 35.4 Å². The highest BCUT2D eigenvalue weighted by atomic mass is 32.2. The molecule has 146 valence electrons. The molecule has 1 aromatic rings. The number of carbonyl (C=O) groups is 2. The highest BCUT2D eigenvalue weighted by Gasteiger charge is 2.48. The van der Waals surface area contributed by atoms with Gasteiger partial charge in [-0.25, -0.2) is 8.42 Å². The summed E-state index contributed by atoms with van der Waals surface area (Å²) in [6.45, 7) is 1.27. The van der Waals surface area contributed by atoms with E-state index >= 15 is 0 Å². The molecule has 2 saturated heterocycles. The summed E-state index contributed by atoms with van der Waals surface area (Å²) in [4.78, 5) is 28.2. The normalized spacial score (nSPS) is 24.9. The lowest BCUT2D eigenvalue weighted by Gasteiger charge is -2.24. The van der Waals surface area contributed by atoms with Crippen LogP contribution < -0.4 is 5.11 Å². The van der Waals surface area contributed by atoms with Gasteiger partial charge >= 0.3 is 0 Å². The molecule has 2 aliphatic rings. The Bertz CT molecular complexity index is 866. The van der Waals surface area contributed by atoms with Gasteiger partial charge in [-0.1, -0.05) is 41.6 Å². The van der Waals surface area contributed by atoms with E-state index < -0.39 is 34.9 Å². The van der Waals surface area contributed by atoms with Gasteiger partial charge in [-0.15, -0.1) is 0 Å². The van der Waals surface area contributed by atoms with Crippen molar-refractivity contribution >= 4 is 38.6 Å². The summed E-state index contributed by atoms with van der Waals surface area (Å²) < 4.78 is 28.7. The Hall–Kier alpha value is -1.91. The van der Waals surface area contributed by atoms with Crippen molar-refractivity contribution in [3.63, 3.8) is 0 Å². The maximum Gasteiger partial charge on any atom is 0.274 e. The second kappa shape index (κ2) is 7.99. The molecule has 2 heterocycles. The van der Waals surface area contributed by atoms with Gasteiger partial charge in [0.05, 0.1) is 30.1 Å². The number of amides is 1. The molecule has 8 nitrogen and oxygen atoms in total. The van der Waals surface area contributed by atoms with Crippen molar-refractivity contribution in [2.45, 2.75) is 24.8 Å². The average Bonchev–Trinajstić information content (AvgIpc) is 3.02. The van der Waals surface area contributed by atoms with E-state index in [2.05, 4.69) is 4.99 Å². The molecule has 1 aromatic carbocycles. The minimum Gasteiger partial charge on any atom is -0.548 e. The molecule has 0 aliphatic carbocycles. The van der Waals surface area contributed by atoms with E-state index in [1.807, 2.05) is 36.1 Å². The molecule has 0 bridgehead atoms. The fraction of sp³-hybridized carbons (Fsp3) is 0.471. The largest absolute Gasteiger partial charge is 0.548 e. The molecule has 2 fully saturated rings. The molecule has 0 saturated carbocycles. The number of fused-ring (bicyclic) bond motifs is 1. The number of nitrogens with zero attached hydrogens (tertiary/aromatic N) is 2. The Morgan fingerprint density at radius 1 is 1.26 bits per heavy atom. The van der Waals surface area contributed by atoms with Crippen LogP contribution in [-0.2, 0) is 30.7 Å². The third-order valence-electron chi connectivity index (χ3n) is 4.31. The van der Waals surface area contributed by atoms with E-state index in [1.54, 1.807) is 0 Å². The first kappa shape index (κ1) is 19.8. The molecule has 2 aliphatic heterocycles. The summed E-state index contributed by atoms with van der Waals surface area (Å²) in [5.74, 6) is -1.94. The summed E-state index contributed by atoms with van der Waals surface area (Å²) in [5, 5.41) is 10.6.